The fourth-order valence-corrected chi connectivity index (χ4v) is 2.64. The summed E-state index contributed by atoms with van der Waals surface area (Å²) < 4.78 is 76.9. The fraction of sp³-hybridized carbons (Fsp3) is 0.353. The van der Waals surface area contributed by atoms with E-state index in [4.69, 9.17) is 0 Å². The lowest BCUT2D eigenvalue weighted by molar-refractivity contribution is -0.138. The van der Waals surface area contributed by atoms with Crippen molar-refractivity contribution in [3.8, 4) is 12.1 Å². The molecule has 0 spiro atoms. The van der Waals surface area contributed by atoms with Gasteiger partial charge in [0.2, 0.25) is 0 Å². The zero-order valence-electron chi connectivity index (χ0n) is 13.5. The Labute approximate surface area is 149 Å². The number of ketones is 1. The molecule has 0 N–H and O–H groups in total. The zero-order valence-corrected chi connectivity index (χ0v) is 13.5. The monoisotopic (exact) mass is 387 g/mol. The van der Waals surface area contributed by atoms with E-state index >= 15 is 0 Å². The third kappa shape index (κ3) is 4.40. The van der Waals surface area contributed by atoms with Crippen molar-refractivity contribution in [2.45, 2.75) is 31.7 Å². The Hall–Kier alpha value is -3.01. The molecule has 0 radical (unpaired) electrons. The number of halogens is 6. The van der Waals surface area contributed by atoms with Crippen LogP contribution in [-0.2, 0) is 6.54 Å². The number of carbonyl (C=O) groups is 1. The van der Waals surface area contributed by atoms with Crippen molar-refractivity contribution in [1.82, 2.24) is 4.57 Å². The molecule has 1 aromatic heterocycles. The van der Waals surface area contributed by atoms with Gasteiger partial charge in [-0.25, -0.2) is 0 Å². The predicted octanol–water partition coefficient (Wildman–Crippen LogP) is 4.76. The van der Waals surface area contributed by atoms with E-state index in [1.54, 1.807) is 0 Å². The molecular formula is C17H11F6N3O. The molecule has 2 aromatic rings. The fourth-order valence-electron chi connectivity index (χ4n) is 2.64. The number of aromatic nitrogens is 1. The molecule has 4 nitrogen and oxygen atoms in total. The molecule has 1 heterocycles. The third-order valence-electron chi connectivity index (χ3n) is 3.99. The minimum atomic E-state index is -5.15. The third-order valence-corrected chi connectivity index (χ3v) is 3.99. The number of Topliss-reactive ketones (excluding diaryl/α,β-unsaturated/α-hetero) is 1. The van der Waals surface area contributed by atoms with Gasteiger partial charge in [-0.05, 0) is 12.5 Å². The smallest absolute Gasteiger partial charge is 0.344 e. The number of alkyl halides is 6. The van der Waals surface area contributed by atoms with Gasteiger partial charge < -0.3 is 4.57 Å². The van der Waals surface area contributed by atoms with Gasteiger partial charge in [-0.3, -0.25) is 4.79 Å². The Kier molecular flexibility index (Phi) is 5.23. The maximum atomic E-state index is 12.8. The van der Waals surface area contributed by atoms with Crippen molar-refractivity contribution >= 4 is 16.7 Å². The summed E-state index contributed by atoms with van der Waals surface area (Å²) in [5, 5.41) is 18.4. The Bertz CT molecular complexity index is 929. The minimum Gasteiger partial charge on any atom is -0.344 e. The lowest BCUT2D eigenvalue weighted by Gasteiger charge is -2.20. The summed E-state index contributed by atoms with van der Waals surface area (Å²) in [6.07, 6.45) is -11.2. The average molecular weight is 387 g/mol. The molecule has 142 valence electrons. The van der Waals surface area contributed by atoms with Crippen molar-refractivity contribution in [2.24, 2.45) is 5.41 Å². The van der Waals surface area contributed by atoms with Crippen molar-refractivity contribution in [1.29, 1.82) is 10.5 Å². The second-order valence-corrected chi connectivity index (χ2v) is 5.94. The molecule has 0 aliphatic rings. The lowest BCUT2D eigenvalue weighted by atomic mass is 9.86. The number of rotatable bonds is 5. The molecule has 0 fully saturated rings. The molecule has 0 aliphatic heterocycles. The normalized spacial score (nSPS) is 12.6. The topological polar surface area (TPSA) is 69.6 Å². The van der Waals surface area contributed by atoms with Crippen LogP contribution in [0.1, 0.15) is 23.2 Å². The number of benzene rings is 1. The lowest BCUT2D eigenvalue weighted by Crippen LogP contribution is -2.26. The van der Waals surface area contributed by atoms with E-state index in [1.807, 2.05) is 0 Å². The summed E-state index contributed by atoms with van der Waals surface area (Å²) >= 11 is 0. The van der Waals surface area contributed by atoms with E-state index in [1.165, 1.54) is 36.4 Å². The highest BCUT2D eigenvalue weighted by Crippen LogP contribution is 2.34. The van der Waals surface area contributed by atoms with E-state index in [9.17, 15) is 41.7 Å². The summed E-state index contributed by atoms with van der Waals surface area (Å²) in [4.78, 5) is 11.6. The quantitative estimate of drug-likeness (QED) is 0.549. The number of nitriles is 2. The number of carbonyl (C=O) groups excluding carboxylic acids is 1. The molecular weight excluding hydrogens is 376 g/mol. The molecule has 0 saturated heterocycles. The zero-order chi connectivity index (χ0) is 20.5. The highest BCUT2D eigenvalue weighted by molar-refractivity contribution is 6.10. The average Bonchev–Trinajstić information content (AvgIpc) is 2.95. The second-order valence-electron chi connectivity index (χ2n) is 5.94. The molecule has 0 bridgehead atoms. The Morgan fingerprint density at radius 3 is 2.11 bits per heavy atom. The number of fused-ring (bicyclic) bond motifs is 1. The van der Waals surface area contributed by atoms with Gasteiger partial charge in [-0.2, -0.15) is 36.9 Å². The molecule has 0 atom stereocenters. The maximum absolute atomic E-state index is 12.8. The van der Waals surface area contributed by atoms with Crippen LogP contribution in [0.25, 0.3) is 10.9 Å². The van der Waals surface area contributed by atoms with Gasteiger partial charge in [0.15, 0.2) is 5.41 Å². The van der Waals surface area contributed by atoms with E-state index in [0.29, 0.717) is 0 Å². The summed E-state index contributed by atoms with van der Waals surface area (Å²) in [6, 6.07) is 8.51. The highest BCUT2D eigenvalue weighted by Gasteiger charge is 2.42. The summed E-state index contributed by atoms with van der Waals surface area (Å²) in [6.45, 7) is -0.609. The number of nitrogens with zero attached hydrogens (tertiary/aromatic N) is 3. The first-order chi connectivity index (χ1) is 12.4. The van der Waals surface area contributed by atoms with Crippen LogP contribution in [0.5, 0.6) is 0 Å². The van der Waals surface area contributed by atoms with Gasteiger partial charge in [0.1, 0.15) is 0 Å². The molecule has 1 aromatic carbocycles. The Morgan fingerprint density at radius 2 is 1.59 bits per heavy atom. The van der Waals surface area contributed by atoms with E-state index in [2.05, 4.69) is 0 Å². The first-order valence-corrected chi connectivity index (χ1v) is 7.51. The van der Waals surface area contributed by atoms with Crippen molar-refractivity contribution in [2.75, 3.05) is 0 Å². The van der Waals surface area contributed by atoms with Crippen LogP contribution < -0.4 is 0 Å². The van der Waals surface area contributed by atoms with Gasteiger partial charge in [0.25, 0.3) is 5.78 Å². The SMILES string of the molecule is N#CC(C#N)(CCC(F)(F)F)Cn1cc(C(=O)C(F)(F)F)c2ccccc21. The van der Waals surface area contributed by atoms with Crippen molar-refractivity contribution < 1.29 is 31.1 Å². The van der Waals surface area contributed by atoms with Gasteiger partial charge in [0, 0.05) is 23.5 Å². The van der Waals surface area contributed by atoms with E-state index in [-0.39, 0.29) is 10.9 Å². The summed E-state index contributed by atoms with van der Waals surface area (Å²) in [5.41, 5.74) is -2.71. The number of para-hydroxylation sites is 1. The van der Waals surface area contributed by atoms with Gasteiger partial charge >= 0.3 is 12.4 Å². The Balaban J connectivity index is 2.51. The van der Waals surface area contributed by atoms with Crippen molar-refractivity contribution in [3.63, 3.8) is 0 Å². The molecule has 2 rings (SSSR count). The van der Waals surface area contributed by atoms with Crippen LogP contribution in [-0.4, -0.2) is 22.7 Å². The molecule has 0 aliphatic carbocycles. The highest BCUT2D eigenvalue weighted by atomic mass is 19.4. The van der Waals surface area contributed by atoms with Crippen LogP contribution in [0.2, 0.25) is 0 Å². The predicted molar refractivity (Wildman–Crippen MR) is 81.3 cm³/mol. The van der Waals surface area contributed by atoms with Crippen LogP contribution in [0.15, 0.2) is 30.5 Å². The number of hydrogen-bond donors (Lipinski definition) is 0. The van der Waals surface area contributed by atoms with Gasteiger partial charge in [0.05, 0.1) is 24.2 Å². The van der Waals surface area contributed by atoms with Crippen LogP contribution in [0.4, 0.5) is 26.3 Å². The minimum absolute atomic E-state index is 0.0691. The number of hydrogen-bond acceptors (Lipinski definition) is 3. The van der Waals surface area contributed by atoms with Crippen molar-refractivity contribution in [3.05, 3.63) is 36.0 Å². The van der Waals surface area contributed by atoms with E-state index < -0.39 is 48.5 Å². The maximum Gasteiger partial charge on any atom is 0.454 e. The standard InChI is InChI=1S/C17H11F6N3O/c18-16(19,20)6-5-15(8-24,9-25)10-26-7-12(14(27)17(21,22)23)11-3-1-2-4-13(11)26/h1-4,7H,5-6,10H2. The largest absolute Gasteiger partial charge is 0.454 e. The molecule has 10 heteroatoms. The molecule has 0 saturated carbocycles. The van der Waals surface area contributed by atoms with Gasteiger partial charge in [-0.15, -0.1) is 0 Å². The Morgan fingerprint density at radius 1 is 1.00 bits per heavy atom. The van der Waals surface area contributed by atoms with Gasteiger partial charge in [-0.1, -0.05) is 18.2 Å². The summed E-state index contributed by atoms with van der Waals surface area (Å²) in [7, 11) is 0. The molecule has 0 amide bonds. The second kappa shape index (κ2) is 6.95. The molecule has 27 heavy (non-hydrogen) atoms. The van der Waals surface area contributed by atoms with Crippen LogP contribution >= 0.6 is 0 Å². The molecule has 0 unspecified atom stereocenters. The first kappa shape index (κ1) is 20.3. The summed E-state index contributed by atoms with van der Waals surface area (Å²) in [5.74, 6) is -2.12. The van der Waals surface area contributed by atoms with Crippen LogP contribution in [0, 0.1) is 28.1 Å². The first-order valence-electron chi connectivity index (χ1n) is 7.51. The van der Waals surface area contributed by atoms with E-state index in [0.717, 1.165) is 10.8 Å². The van der Waals surface area contributed by atoms with Crippen LogP contribution in [0.3, 0.4) is 0 Å².